The van der Waals surface area contributed by atoms with Crippen LogP contribution in [0.2, 0.25) is 0 Å². The van der Waals surface area contributed by atoms with Gasteiger partial charge in [-0.05, 0) is 64.8 Å². The van der Waals surface area contributed by atoms with Gasteiger partial charge in [-0.1, -0.05) is 50.0 Å². The largest absolute Gasteiger partial charge is 0.392 e. The van der Waals surface area contributed by atoms with E-state index in [2.05, 4.69) is 24.4 Å². The van der Waals surface area contributed by atoms with E-state index in [1.807, 2.05) is 33.9 Å². The number of aliphatic hydroxyl groups is 2. The lowest BCUT2D eigenvalue weighted by molar-refractivity contribution is -0.133. The minimum Gasteiger partial charge on any atom is -0.392 e. The van der Waals surface area contributed by atoms with Gasteiger partial charge in [0.2, 0.25) is 5.91 Å². The van der Waals surface area contributed by atoms with E-state index < -0.39 is 6.10 Å². The van der Waals surface area contributed by atoms with Crippen molar-refractivity contribution in [2.75, 3.05) is 20.1 Å². The topological polar surface area (TPSA) is 72.8 Å². The van der Waals surface area contributed by atoms with Crippen LogP contribution in [0, 0.1) is 17.8 Å². The van der Waals surface area contributed by atoms with Gasteiger partial charge in [0.1, 0.15) is 0 Å². The number of amides is 1. The van der Waals surface area contributed by atoms with Crippen LogP contribution >= 0.6 is 0 Å². The summed E-state index contributed by atoms with van der Waals surface area (Å²) in [4.78, 5) is 14.0. The van der Waals surface area contributed by atoms with E-state index in [0.29, 0.717) is 18.4 Å². The fraction of sp³-hybridized carbons (Fsp3) is 0.800. The number of unbranched alkanes of at least 4 members (excludes halogenated alkanes) is 2. The number of likely N-dealkylation sites (N-methyl/N-ethyl adjacent to an activating group) is 1. The van der Waals surface area contributed by atoms with Gasteiger partial charge in [-0.25, -0.2) is 0 Å². The molecule has 3 N–H and O–H groups in total. The van der Waals surface area contributed by atoms with E-state index in [4.69, 9.17) is 0 Å². The Kier molecular flexibility index (Phi) is 9.58. The summed E-state index contributed by atoms with van der Waals surface area (Å²) < 4.78 is 0. The molecule has 1 saturated carbocycles. The van der Waals surface area contributed by atoms with E-state index in [-0.39, 0.29) is 23.5 Å². The molecule has 5 atom stereocenters. The number of fused-ring (bicyclic) bond motifs is 1. The van der Waals surface area contributed by atoms with Crippen LogP contribution in [0.4, 0.5) is 0 Å². The first-order valence-electron chi connectivity index (χ1n) is 11.8. The highest BCUT2D eigenvalue weighted by atomic mass is 16.3. The third-order valence-corrected chi connectivity index (χ3v) is 6.89. The lowest BCUT2D eigenvalue weighted by atomic mass is 9.88. The summed E-state index contributed by atoms with van der Waals surface area (Å²) in [6.07, 6.45) is 12.6. The van der Waals surface area contributed by atoms with Crippen molar-refractivity contribution >= 4 is 5.91 Å². The molecule has 2 aliphatic rings. The third-order valence-electron chi connectivity index (χ3n) is 6.89. The molecule has 0 aromatic rings. The fourth-order valence-electron chi connectivity index (χ4n) is 4.68. The zero-order valence-electron chi connectivity index (χ0n) is 19.7. The van der Waals surface area contributed by atoms with E-state index in [1.165, 1.54) is 5.57 Å². The number of carbonyl (C=O) groups is 1. The second-order valence-corrected chi connectivity index (χ2v) is 10.2. The molecule has 0 aromatic heterocycles. The number of hydrogen-bond donors (Lipinski definition) is 3. The minimum atomic E-state index is -0.399. The predicted octanol–water partition coefficient (Wildman–Crippen LogP) is 3.66. The zero-order valence-corrected chi connectivity index (χ0v) is 19.7. The van der Waals surface area contributed by atoms with Crippen LogP contribution < -0.4 is 5.32 Å². The van der Waals surface area contributed by atoms with Crippen molar-refractivity contribution in [2.24, 2.45) is 17.8 Å². The molecule has 0 spiro atoms. The first-order chi connectivity index (χ1) is 14.1. The fourth-order valence-corrected chi connectivity index (χ4v) is 4.68. The highest BCUT2D eigenvalue weighted by molar-refractivity contribution is 5.78. The Morgan fingerprint density at radius 3 is 2.77 bits per heavy atom. The van der Waals surface area contributed by atoms with E-state index in [1.54, 1.807) is 4.90 Å². The summed E-state index contributed by atoms with van der Waals surface area (Å²) in [6.45, 7) is 9.45. The maximum absolute atomic E-state index is 12.2. The van der Waals surface area contributed by atoms with Crippen molar-refractivity contribution in [3.8, 4) is 0 Å². The van der Waals surface area contributed by atoms with Gasteiger partial charge in [-0.2, -0.15) is 0 Å². The molecule has 1 amide bonds. The molecule has 0 radical (unpaired) electrons. The Hall–Kier alpha value is -1.17. The summed E-state index contributed by atoms with van der Waals surface area (Å²) in [5, 5.41) is 23.9. The maximum atomic E-state index is 12.2. The van der Waals surface area contributed by atoms with E-state index >= 15 is 0 Å². The van der Waals surface area contributed by atoms with Crippen LogP contribution in [0.5, 0.6) is 0 Å². The first-order valence-corrected chi connectivity index (χ1v) is 11.8. The van der Waals surface area contributed by atoms with E-state index in [9.17, 15) is 15.0 Å². The molecule has 2 rings (SSSR count). The average Bonchev–Trinajstić information content (AvgIpc) is 3.18. The van der Waals surface area contributed by atoms with E-state index in [0.717, 1.165) is 51.5 Å². The summed E-state index contributed by atoms with van der Waals surface area (Å²) in [5.41, 5.74) is 1.28. The molecule has 0 heterocycles. The van der Waals surface area contributed by atoms with Gasteiger partial charge in [0.15, 0.2) is 0 Å². The quantitative estimate of drug-likeness (QED) is 0.352. The van der Waals surface area contributed by atoms with Gasteiger partial charge in [0.05, 0.1) is 18.8 Å². The molecule has 0 saturated heterocycles. The molecule has 0 bridgehead atoms. The van der Waals surface area contributed by atoms with Gasteiger partial charge in [0, 0.05) is 18.5 Å². The van der Waals surface area contributed by atoms with Crippen molar-refractivity contribution in [3.05, 3.63) is 23.8 Å². The Balaban J connectivity index is 1.75. The molecule has 0 unspecified atom stereocenters. The lowest BCUT2D eigenvalue weighted by Crippen LogP contribution is -2.46. The number of allylic oxidation sites excluding steroid dienone is 1. The van der Waals surface area contributed by atoms with Crippen LogP contribution in [0.15, 0.2) is 23.8 Å². The van der Waals surface area contributed by atoms with Crippen molar-refractivity contribution in [2.45, 2.75) is 90.4 Å². The van der Waals surface area contributed by atoms with Crippen molar-refractivity contribution in [1.82, 2.24) is 10.2 Å². The average molecular weight is 421 g/mol. The van der Waals surface area contributed by atoms with Crippen molar-refractivity contribution in [1.29, 1.82) is 0 Å². The normalized spacial score (nSPS) is 27.4. The number of rotatable bonds is 11. The number of hydrogen-bond acceptors (Lipinski definition) is 4. The summed E-state index contributed by atoms with van der Waals surface area (Å²) >= 11 is 0. The van der Waals surface area contributed by atoms with Crippen LogP contribution in [0.1, 0.15) is 72.6 Å². The van der Waals surface area contributed by atoms with Gasteiger partial charge >= 0.3 is 0 Å². The summed E-state index contributed by atoms with van der Waals surface area (Å²) in [5.74, 6) is 1.14. The maximum Gasteiger partial charge on any atom is 0.236 e. The molecule has 1 fully saturated rings. The highest BCUT2D eigenvalue weighted by Crippen LogP contribution is 2.47. The molecule has 0 aliphatic heterocycles. The minimum absolute atomic E-state index is 0.116. The monoisotopic (exact) mass is 420 g/mol. The number of aliphatic hydroxyl groups excluding tert-OH is 2. The Morgan fingerprint density at radius 2 is 2.10 bits per heavy atom. The number of nitrogens with one attached hydrogen (secondary N) is 1. The second-order valence-electron chi connectivity index (χ2n) is 10.2. The number of nitrogens with zero attached hydrogens (tertiary/aromatic N) is 1. The molecule has 2 aliphatic carbocycles. The molecular weight excluding hydrogens is 376 g/mol. The molecular formula is C25H44N2O3. The predicted molar refractivity (Wildman–Crippen MR) is 123 cm³/mol. The smallest absolute Gasteiger partial charge is 0.236 e. The third kappa shape index (κ3) is 7.21. The van der Waals surface area contributed by atoms with Crippen molar-refractivity contribution in [3.63, 3.8) is 0 Å². The molecule has 5 heteroatoms. The highest BCUT2D eigenvalue weighted by Gasteiger charge is 2.43. The standard InChI is InChI=1S/C25H44N2O3/c1-6-7-8-9-20(28)10-11-21-22-15-18(14-19(22)16-23(21)29)12-13-26-17-24(30)27(5)25(2,3)4/h10-11,14,19-23,26,28-29H,6-9,12-13,15-17H2,1-5H3/b11-10+/t19-,20-,21+,22-,23+/m0/s1. The second kappa shape index (κ2) is 11.4. The SMILES string of the molecule is CCCCC[C@H](O)/C=C/[C@@H]1[C@H]2CC(CCNCC(=O)N(C)C(C)(C)C)=C[C@H]2C[C@H]1O. The van der Waals surface area contributed by atoms with Crippen LogP contribution in [-0.2, 0) is 4.79 Å². The van der Waals surface area contributed by atoms with Gasteiger partial charge in [0.25, 0.3) is 0 Å². The summed E-state index contributed by atoms with van der Waals surface area (Å²) in [7, 11) is 1.85. The Bertz CT molecular complexity index is 608. The summed E-state index contributed by atoms with van der Waals surface area (Å²) in [6, 6.07) is 0. The van der Waals surface area contributed by atoms with Crippen LogP contribution in [0.3, 0.4) is 0 Å². The van der Waals surface area contributed by atoms with Gasteiger partial charge < -0.3 is 20.4 Å². The molecule has 172 valence electrons. The van der Waals surface area contributed by atoms with Crippen LogP contribution in [-0.4, -0.2) is 58.9 Å². The first kappa shape index (κ1) is 25.1. The Morgan fingerprint density at radius 1 is 1.37 bits per heavy atom. The van der Waals surface area contributed by atoms with Crippen LogP contribution in [0.25, 0.3) is 0 Å². The molecule has 30 heavy (non-hydrogen) atoms. The molecule has 0 aromatic carbocycles. The van der Waals surface area contributed by atoms with Crippen molar-refractivity contribution < 1.29 is 15.0 Å². The molecule has 5 nitrogen and oxygen atoms in total. The lowest BCUT2D eigenvalue weighted by Gasteiger charge is -2.32. The zero-order chi connectivity index (χ0) is 22.3. The van der Waals surface area contributed by atoms with Gasteiger partial charge in [-0.3, -0.25) is 4.79 Å². The Labute approximate surface area is 183 Å². The van der Waals surface area contributed by atoms with Gasteiger partial charge in [-0.15, -0.1) is 0 Å². The number of carbonyl (C=O) groups excluding carboxylic acids is 1.